The second-order valence-electron chi connectivity index (χ2n) is 6.81. The predicted molar refractivity (Wildman–Crippen MR) is 100 cm³/mol. The molecule has 25 heavy (non-hydrogen) atoms. The van der Waals surface area contributed by atoms with E-state index in [2.05, 4.69) is 23.2 Å². The van der Waals surface area contributed by atoms with Gasteiger partial charge in [0, 0.05) is 30.2 Å². The first-order valence-electron chi connectivity index (χ1n) is 8.68. The molecule has 0 bridgehead atoms. The summed E-state index contributed by atoms with van der Waals surface area (Å²) in [6.45, 7) is 3.05. The van der Waals surface area contributed by atoms with Gasteiger partial charge in [-0.2, -0.15) is 4.31 Å². The van der Waals surface area contributed by atoms with E-state index in [-0.39, 0.29) is 0 Å². The molecule has 0 atom stereocenters. The van der Waals surface area contributed by atoms with Crippen LogP contribution in [0, 0.1) is 6.92 Å². The van der Waals surface area contributed by atoms with Crippen LogP contribution in [0.2, 0.25) is 0 Å². The highest BCUT2D eigenvalue weighted by molar-refractivity contribution is 7.89. The van der Waals surface area contributed by atoms with Crippen molar-refractivity contribution >= 4 is 20.9 Å². The van der Waals surface area contributed by atoms with E-state index in [0.717, 1.165) is 23.9 Å². The van der Waals surface area contributed by atoms with Gasteiger partial charge in [0.05, 0.1) is 4.90 Å². The van der Waals surface area contributed by atoms with Crippen molar-refractivity contribution in [3.63, 3.8) is 0 Å². The van der Waals surface area contributed by atoms with Gasteiger partial charge in [-0.3, -0.25) is 0 Å². The quantitative estimate of drug-likeness (QED) is 0.771. The molecule has 1 N–H and O–H groups in total. The van der Waals surface area contributed by atoms with E-state index >= 15 is 0 Å². The van der Waals surface area contributed by atoms with Crippen LogP contribution in [0.5, 0.6) is 0 Å². The Labute approximate surface area is 148 Å². The molecule has 0 radical (unpaired) electrons. The van der Waals surface area contributed by atoms with Gasteiger partial charge in [0.2, 0.25) is 10.0 Å². The van der Waals surface area contributed by atoms with Gasteiger partial charge >= 0.3 is 0 Å². The lowest BCUT2D eigenvalue weighted by Gasteiger charge is -2.31. The van der Waals surface area contributed by atoms with E-state index in [0.29, 0.717) is 23.9 Å². The standard InChI is InChI=1S/C20H22N2O2S/c1-15-5-4-7-18(13-15)25(23,24)22-11-9-16(10-12-22)20-14-17-6-2-3-8-19(17)21-20/h2-8,13-14,16,21H,9-12H2,1H3. The Bertz CT molecular complexity index is 966. The lowest BCUT2D eigenvalue weighted by molar-refractivity contribution is 0.317. The van der Waals surface area contributed by atoms with Crippen LogP contribution in [0.4, 0.5) is 0 Å². The summed E-state index contributed by atoms with van der Waals surface area (Å²) in [5.41, 5.74) is 3.33. The molecule has 1 aromatic heterocycles. The Kier molecular flexibility index (Phi) is 4.13. The van der Waals surface area contributed by atoms with E-state index in [4.69, 9.17) is 0 Å². The summed E-state index contributed by atoms with van der Waals surface area (Å²) in [5, 5.41) is 1.22. The van der Waals surface area contributed by atoms with Crippen molar-refractivity contribution in [1.82, 2.24) is 9.29 Å². The zero-order valence-corrected chi connectivity index (χ0v) is 15.1. The van der Waals surface area contributed by atoms with Crippen molar-refractivity contribution in [2.45, 2.75) is 30.6 Å². The molecule has 4 nitrogen and oxygen atoms in total. The van der Waals surface area contributed by atoms with Crippen LogP contribution in [0.25, 0.3) is 10.9 Å². The fraction of sp³-hybridized carbons (Fsp3) is 0.300. The molecule has 0 amide bonds. The van der Waals surface area contributed by atoms with Crippen LogP contribution in [0.15, 0.2) is 59.5 Å². The Morgan fingerprint density at radius 1 is 1.00 bits per heavy atom. The predicted octanol–water partition coefficient (Wildman–Crippen LogP) is 4.04. The zero-order chi connectivity index (χ0) is 17.4. The maximum atomic E-state index is 12.8. The Morgan fingerprint density at radius 2 is 1.76 bits per heavy atom. The molecule has 1 aliphatic rings. The third kappa shape index (κ3) is 3.10. The molecule has 2 heterocycles. The Balaban J connectivity index is 1.51. The minimum absolute atomic E-state index is 0.386. The number of piperidine rings is 1. The average molecular weight is 354 g/mol. The van der Waals surface area contributed by atoms with Crippen molar-refractivity contribution in [3.05, 3.63) is 65.9 Å². The Morgan fingerprint density at radius 3 is 2.48 bits per heavy atom. The van der Waals surface area contributed by atoms with Crippen LogP contribution < -0.4 is 0 Å². The number of para-hydroxylation sites is 1. The van der Waals surface area contributed by atoms with Gasteiger partial charge in [0.15, 0.2) is 0 Å². The number of benzene rings is 2. The normalized spacial score (nSPS) is 17.2. The third-order valence-electron chi connectivity index (χ3n) is 5.07. The summed E-state index contributed by atoms with van der Waals surface area (Å²) in [4.78, 5) is 3.89. The molecule has 0 spiro atoms. The summed E-state index contributed by atoms with van der Waals surface area (Å²) < 4.78 is 27.3. The van der Waals surface area contributed by atoms with Crippen molar-refractivity contribution < 1.29 is 8.42 Å². The number of rotatable bonds is 3. The van der Waals surface area contributed by atoms with E-state index in [9.17, 15) is 8.42 Å². The van der Waals surface area contributed by atoms with E-state index < -0.39 is 10.0 Å². The first-order valence-corrected chi connectivity index (χ1v) is 10.1. The van der Waals surface area contributed by atoms with Crippen LogP contribution in [-0.4, -0.2) is 30.8 Å². The fourth-order valence-electron chi connectivity index (χ4n) is 3.65. The van der Waals surface area contributed by atoms with E-state index in [1.165, 1.54) is 11.1 Å². The number of aromatic amines is 1. The molecule has 0 aliphatic carbocycles. The molecule has 1 saturated heterocycles. The maximum Gasteiger partial charge on any atom is 0.243 e. The minimum atomic E-state index is -3.39. The first kappa shape index (κ1) is 16.4. The largest absolute Gasteiger partial charge is 0.358 e. The van der Waals surface area contributed by atoms with Crippen molar-refractivity contribution in [2.75, 3.05) is 13.1 Å². The lowest BCUT2D eigenvalue weighted by atomic mass is 9.95. The van der Waals surface area contributed by atoms with Gasteiger partial charge in [0.25, 0.3) is 0 Å². The number of nitrogens with one attached hydrogen (secondary N) is 1. The second kappa shape index (κ2) is 6.32. The number of nitrogens with zero attached hydrogens (tertiary/aromatic N) is 1. The molecule has 0 saturated carbocycles. The molecule has 4 rings (SSSR count). The van der Waals surface area contributed by atoms with E-state index in [1.54, 1.807) is 22.5 Å². The molecule has 5 heteroatoms. The highest BCUT2D eigenvalue weighted by Crippen LogP contribution is 2.32. The molecule has 1 aliphatic heterocycles. The highest BCUT2D eigenvalue weighted by atomic mass is 32.2. The maximum absolute atomic E-state index is 12.8. The molecule has 130 valence electrons. The monoisotopic (exact) mass is 354 g/mol. The summed E-state index contributed by atoms with van der Waals surface area (Å²) >= 11 is 0. The van der Waals surface area contributed by atoms with Crippen LogP contribution in [-0.2, 0) is 10.0 Å². The molecular formula is C20H22N2O2S. The number of aromatic nitrogens is 1. The second-order valence-corrected chi connectivity index (χ2v) is 8.74. The number of fused-ring (bicyclic) bond motifs is 1. The summed E-state index contributed by atoms with van der Waals surface area (Å²) in [6, 6.07) is 17.6. The molecule has 3 aromatic rings. The van der Waals surface area contributed by atoms with Gasteiger partial charge < -0.3 is 4.98 Å². The number of H-pyrrole nitrogens is 1. The highest BCUT2D eigenvalue weighted by Gasteiger charge is 2.30. The van der Waals surface area contributed by atoms with Gasteiger partial charge in [-0.15, -0.1) is 0 Å². The van der Waals surface area contributed by atoms with Gasteiger partial charge in [-0.05, 0) is 55.0 Å². The van der Waals surface area contributed by atoms with Crippen molar-refractivity contribution in [3.8, 4) is 0 Å². The third-order valence-corrected chi connectivity index (χ3v) is 6.97. The number of hydrogen-bond acceptors (Lipinski definition) is 2. The smallest absolute Gasteiger partial charge is 0.243 e. The van der Waals surface area contributed by atoms with Crippen LogP contribution >= 0.6 is 0 Å². The SMILES string of the molecule is Cc1cccc(S(=O)(=O)N2CCC(c3cc4ccccc4[nH]3)CC2)c1. The molecule has 1 fully saturated rings. The average Bonchev–Trinajstić information content (AvgIpc) is 3.06. The number of sulfonamides is 1. The Hall–Kier alpha value is -2.11. The van der Waals surface area contributed by atoms with Crippen molar-refractivity contribution in [2.24, 2.45) is 0 Å². The zero-order valence-electron chi connectivity index (χ0n) is 14.3. The summed E-state index contributed by atoms with van der Waals surface area (Å²) in [5.74, 6) is 0.386. The van der Waals surface area contributed by atoms with Gasteiger partial charge in [-0.25, -0.2) is 8.42 Å². The lowest BCUT2D eigenvalue weighted by Crippen LogP contribution is -2.37. The first-order chi connectivity index (χ1) is 12.0. The minimum Gasteiger partial charge on any atom is -0.358 e. The molecular weight excluding hydrogens is 332 g/mol. The summed E-state index contributed by atoms with van der Waals surface area (Å²) in [6.07, 6.45) is 1.69. The van der Waals surface area contributed by atoms with E-state index in [1.807, 2.05) is 25.1 Å². The molecule has 0 unspecified atom stereocenters. The topological polar surface area (TPSA) is 53.2 Å². The van der Waals surface area contributed by atoms with Gasteiger partial charge in [-0.1, -0.05) is 30.3 Å². The number of aryl methyl sites for hydroxylation is 1. The van der Waals surface area contributed by atoms with Crippen molar-refractivity contribution in [1.29, 1.82) is 0 Å². The number of hydrogen-bond donors (Lipinski definition) is 1. The fourth-order valence-corrected chi connectivity index (χ4v) is 5.22. The molecule has 2 aromatic carbocycles. The summed E-state index contributed by atoms with van der Waals surface area (Å²) in [7, 11) is -3.39. The van der Waals surface area contributed by atoms with Gasteiger partial charge in [0.1, 0.15) is 0 Å². The van der Waals surface area contributed by atoms with Crippen LogP contribution in [0.1, 0.15) is 30.0 Å². The van der Waals surface area contributed by atoms with Crippen LogP contribution in [0.3, 0.4) is 0 Å².